The zero-order chi connectivity index (χ0) is 13.7. The molecule has 2 nitrogen and oxygen atoms in total. The molecule has 1 saturated heterocycles. The van der Waals surface area contributed by atoms with Crippen molar-refractivity contribution >= 4 is 0 Å². The van der Waals surface area contributed by atoms with Crippen molar-refractivity contribution in [3.63, 3.8) is 0 Å². The number of methoxy groups -OCH3 is 1. The SMILES string of the molecule is CCC[C@H]1NCC[C@@]1(CCC)c1cccc(OC)c1. The van der Waals surface area contributed by atoms with E-state index in [1.54, 1.807) is 7.11 Å². The van der Waals surface area contributed by atoms with E-state index in [-0.39, 0.29) is 0 Å². The van der Waals surface area contributed by atoms with Crippen LogP contribution < -0.4 is 10.1 Å². The Bertz CT molecular complexity index is 404. The van der Waals surface area contributed by atoms with E-state index in [2.05, 4.69) is 37.4 Å². The van der Waals surface area contributed by atoms with Gasteiger partial charge in [0.15, 0.2) is 0 Å². The van der Waals surface area contributed by atoms with Gasteiger partial charge in [-0.3, -0.25) is 0 Å². The van der Waals surface area contributed by atoms with Crippen molar-refractivity contribution in [2.45, 2.75) is 57.4 Å². The molecule has 0 spiro atoms. The molecular weight excluding hydrogens is 234 g/mol. The summed E-state index contributed by atoms with van der Waals surface area (Å²) in [6.07, 6.45) is 6.25. The molecule has 19 heavy (non-hydrogen) atoms. The molecule has 0 saturated carbocycles. The molecule has 0 aromatic heterocycles. The smallest absolute Gasteiger partial charge is 0.119 e. The molecule has 2 rings (SSSR count). The first-order chi connectivity index (χ1) is 9.26. The fraction of sp³-hybridized carbons (Fsp3) is 0.647. The largest absolute Gasteiger partial charge is 0.497 e. The van der Waals surface area contributed by atoms with Gasteiger partial charge in [-0.25, -0.2) is 0 Å². The molecule has 0 unspecified atom stereocenters. The van der Waals surface area contributed by atoms with E-state index >= 15 is 0 Å². The lowest BCUT2D eigenvalue weighted by molar-refractivity contribution is 0.320. The van der Waals surface area contributed by atoms with E-state index in [0.29, 0.717) is 11.5 Å². The van der Waals surface area contributed by atoms with Crippen LogP contribution in [0.5, 0.6) is 5.75 Å². The van der Waals surface area contributed by atoms with E-state index in [1.807, 2.05) is 6.07 Å². The number of hydrogen-bond donors (Lipinski definition) is 1. The normalized spacial score (nSPS) is 26.6. The van der Waals surface area contributed by atoms with Gasteiger partial charge in [0.1, 0.15) is 5.75 Å². The van der Waals surface area contributed by atoms with Gasteiger partial charge in [0.05, 0.1) is 7.11 Å². The molecule has 1 aliphatic rings. The van der Waals surface area contributed by atoms with Gasteiger partial charge in [-0.1, -0.05) is 38.8 Å². The highest BCUT2D eigenvalue weighted by atomic mass is 16.5. The van der Waals surface area contributed by atoms with Crippen molar-refractivity contribution in [1.29, 1.82) is 0 Å². The molecule has 0 aliphatic carbocycles. The highest BCUT2D eigenvalue weighted by Crippen LogP contribution is 2.42. The summed E-state index contributed by atoms with van der Waals surface area (Å²) in [6, 6.07) is 9.32. The molecule has 2 heteroatoms. The molecule has 0 bridgehead atoms. The monoisotopic (exact) mass is 261 g/mol. The van der Waals surface area contributed by atoms with E-state index in [9.17, 15) is 0 Å². The molecular formula is C17H27NO. The average Bonchev–Trinajstić information content (AvgIpc) is 2.84. The van der Waals surface area contributed by atoms with Crippen LogP contribution in [0.25, 0.3) is 0 Å². The molecule has 1 fully saturated rings. The lowest BCUT2D eigenvalue weighted by atomic mass is 9.70. The van der Waals surface area contributed by atoms with Crippen LogP contribution in [0.1, 0.15) is 51.5 Å². The summed E-state index contributed by atoms with van der Waals surface area (Å²) >= 11 is 0. The maximum Gasteiger partial charge on any atom is 0.119 e. The first-order valence-corrected chi connectivity index (χ1v) is 7.64. The second kappa shape index (κ2) is 6.42. The maximum atomic E-state index is 5.41. The molecule has 1 N–H and O–H groups in total. The Morgan fingerprint density at radius 1 is 1.32 bits per heavy atom. The van der Waals surface area contributed by atoms with Crippen LogP contribution in [0.2, 0.25) is 0 Å². The van der Waals surface area contributed by atoms with Gasteiger partial charge in [-0.05, 0) is 43.5 Å². The zero-order valence-electron chi connectivity index (χ0n) is 12.5. The van der Waals surface area contributed by atoms with Crippen molar-refractivity contribution < 1.29 is 4.74 Å². The zero-order valence-corrected chi connectivity index (χ0v) is 12.5. The van der Waals surface area contributed by atoms with Gasteiger partial charge in [-0.2, -0.15) is 0 Å². The van der Waals surface area contributed by atoms with Crippen LogP contribution >= 0.6 is 0 Å². The number of rotatable bonds is 6. The van der Waals surface area contributed by atoms with Crippen molar-refractivity contribution in [2.75, 3.05) is 13.7 Å². The third-order valence-corrected chi connectivity index (χ3v) is 4.55. The standard InChI is InChI=1S/C17H27NO/c1-4-7-16-17(10-5-2,11-12-18-16)14-8-6-9-15(13-14)19-3/h6,8-9,13,16,18H,4-5,7,10-12H2,1-3H3/t16-,17+/m1/s1. The number of hydrogen-bond acceptors (Lipinski definition) is 2. The van der Waals surface area contributed by atoms with Gasteiger partial charge in [0.25, 0.3) is 0 Å². The highest BCUT2D eigenvalue weighted by Gasteiger charge is 2.42. The van der Waals surface area contributed by atoms with Gasteiger partial charge in [-0.15, -0.1) is 0 Å². The molecule has 1 aromatic rings. The fourth-order valence-electron chi connectivity index (χ4n) is 3.67. The van der Waals surface area contributed by atoms with Crippen molar-refractivity contribution in [1.82, 2.24) is 5.32 Å². The third-order valence-electron chi connectivity index (χ3n) is 4.55. The number of nitrogens with one attached hydrogen (secondary N) is 1. The number of benzene rings is 1. The van der Waals surface area contributed by atoms with E-state index in [4.69, 9.17) is 4.74 Å². The summed E-state index contributed by atoms with van der Waals surface area (Å²) in [6.45, 7) is 5.72. The molecule has 1 heterocycles. The Morgan fingerprint density at radius 3 is 2.84 bits per heavy atom. The number of ether oxygens (including phenoxy) is 1. The van der Waals surface area contributed by atoms with Crippen LogP contribution in [-0.2, 0) is 5.41 Å². The Labute approximate surface area is 117 Å². The molecule has 106 valence electrons. The van der Waals surface area contributed by atoms with Crippen LogP contribution in [0.4, 0.5) is 0 Å². The first-order valence-electron chi connectivity index (χ1n) is 7.64. The summed E-state index contributed by atoms with van der Waals surface area (Å²) in [5, 5.41) is 3.73. The molecule has 0 amide bonds. The minimum atomic E-state index is 0.305. The van der Waals surface area contributed by atoms with Crippen molar-refractivity contribution in [3.8, 4) is 5.75 Å². The van der Waals surface area contributed by atoms with Crippen molar-refractivity contribution in [2.24, 2.45) is 0 Å². The second-order valence-corrected chi connectivity index (χ2v) is 5.68. The summed E-state index contributed by atoms with van der Waals surface area (Å²) < 4.78 is 5.41. The van der Waals surface area contributed by atoms with E-state index in [1.165, 1.54) is 37.7 Å². The Kier molecular flexibility index (Phi) is 4.87. The van der Waals surface area contributed by atoms with Crippen LogP contribution in [0.15, 0.2) is 24.3 Å². The summed E-state index contributed by atoms with van der Waals surface area (Å²) in [5.41, 5.74) is 1.76. The van der Waals surface area contributed by atoms with Gasteiger partial charge < -0.3 is 10.1 Å². The van der Waals surface area contributed by atoms with Crippen LogP contribution in [-0.4, -0.2) is 19.7 Å². The molecule has 2 atom stereocenters. The maximum absolute atomic E-state index is 5.41. The lowest BCUT2D eigenvalue weighted by Crippen LogP contribution is -2.40. The minimum Gasteiger partial charge on any atom is -0.497 e. The summed E-state index contributed by atoms with van der Waals surface area (Å²) in [5.74, 6) is 0.982. The fourth-order valence-corrected chi connectivity index (χ4v) is 3.67. The van der Waals surface area contributed by atoms with Crippen molar-refractivity contribution in [3.05, 3.63) is 29.8 Å². The Balaban J connectivity index is 2.36. The van der Waals surface area contributed by atoms with Gasteiger partial charge in [0.2, 0.25) is 0 Å². The lowest BCUT2D eigenvalue weighted by Gasteiger charge is -2.36. The molecule has 0 radical (unpaired) electrons. The van der Waals surface area contributed by atoms with E-state index in [0.717, 1.165) is 12.3 Å². The van der Waals surface area contributed by atoms with Crippen LogP contribution in [0, 0.1) is 0 Å². The van der Waals surface area contributed by atoms with Gasteiger partial charge in [0, 0.05) is 11.5 Å². The first kappa shape index (κ1) is 14.4. The van der Waals surface area contributed by atoms with Gasteiger partial charge >= 0.3 is 0 Å². The quantitative estimate of drug-likeness (QED) is 0.838. The molecule has 1 aliphatic heterocycles. The third kappa shape index (κ3) is 2.79. The highest BCUT2D eigenvalue weighted by molar-refractivity contribution is 5.36. The van der Waals surface area contributed by atoms with Crippen LogP contribution in [0.3, 0.4) is 0 Å². The summed E-state index contributed by atoms with van der Waals surface area (Å²) in [4.78, 5) is 0. The van der Waals surface area contributed by atoms with E-state index < -0.39 is 0 Å². The predicted octanol–water partition coefficient (Wildman–Crippen LogP) is 3.90. The summed E-state index contributed by atoms with van der Waals surface area (Å²) in [7, 11) is 1.75. The average molecular weight is 261 g/mol. The minimum absolute atomic E-state index is 0.305. The predicted molar refractivity (Wildman–Crippen MR) is 80.9 cm³/mol. The molecule has 1 aromatic carbocycles. The Hall–Kier alpha value is -1.02. The Morgan fingerprint density at radius 2 is 2.16 bits per heavy atom. The topological polar surface area (TPSA) is 21.3 Å². The second-order valence-electron chi connectivity index (χ2n) is 5.68.